The molecule has 29 heavy (non-hydrogen) atoms. The van der Waals surface area contributed by atoms with Crippen molar-refractivity contribution >= 4 is 22.9 Å². The molecule has 0 fully saturated rings. The van der Waals surface area contributed by atoms with Crippen molar-refractivity contribution < 1.29 is 9.59 Å². The third kappa shape index (κ3) is 2.60. The third-order valence-electron chi connectivity index (χ3n) is 5.71. The SMILES string of the molecule is Cc1ccccc1N1Cc2cccc(C)c2NC2=C1C(=O)c1ccccc1C2=O. The van der Waals surface area contributed by atoms with Crippen molar-refractivity contribution in [2.45, 2.75) is 20.4 Å². The van der Waals surface area contributed by atoms with Crippen LogP contribution in [0.4, 0.5) is 11.4 Å². The van der Waals surface area contributed by atoms with E-state index in [1.54, 1.807) is 24.3 Å². The van der Waals surface area contributed by atoms with Gasteiger partial charge < -0.3 is 10.2 Å². The number of Topliss-reactive ketones (excluding diaryl/α,β-unsaturated/α-hetero) is 2. The first kappa shape index (κ1) is 17.4. The van der Waals surface area contributed by atoms with E-state index in [1.807, 2.05) is 61.2 Å². The molecule has 0 saturated heterocycles. The summed E-state index contributed by atoms with van der Waals surface area (Å²) in [4.78, 5) is 29.0. The summed E-state index contributed by atoms with van der Waals surface area (Å²) in [5.41, 5.74) is 6.64. The second-order valence-corrected chi connectivity index (χ2v) is 7.53. The van der Waals surface area contributed by atoms with Crippen LogP contribution in [-0.2, 0) is 6.54 Å². The minimum atomic E-state index is -0.148. The molecule has 5 rings (SSSR count). The number of carbonyl (C=O) groups is 2. The molecule has 3 aromatic carbocycles. The molecular weight excluding hydrogens is 360 g/mol. The van der Waals surface area contributed by atoms with Crippen molar-refractivity contribution in [2.24, 2.45) is 0 Å². The van der Waals surface area contributed by atoms with Crippen LogP contribution < -0.4 is 10.2 Å². The number of benzene rings is 3. The van der Waals surface area contributed by atoms with Crippen molar-refractivity contribution in [1.82, 2.24) is 0 Å². The zero-order valence-electron chi connectivity index (χ0n) is 16.3. The fraction of sp³-hybridized carbons (Fsp3) is 0.120. The first-order valence-electron chi connectivity index (χ1n) is 9.67. The van der Waals surface area contributed by atoms with Crippen molar-refractivity contribution in [3.63, 3.8) is 0 Å². The van der Waals surface area contributed by atoms with Gasteiger partial charge in [0.05, 0.1) is 6.54 Å². The van der Waals surface area contributed by atoms with E-state index in [-0.39, 0.29) is 11.6 Å². The van der Waals surface area contributed by atoms with Gasteiger partial charge in [0, 0.05) is 22.5 Å². The lowest BCUT2D eigenvalue weighted by Gasteiger charge is -2.30. The second kappa shape index (κ2) is 6.45. The summed E-state index contributed by atoms with van der Waals surface area (Å²) in [6.07, 6.45) is 0. The highest BCUT2D eigenvalue weighted by atomic mass is 16.1. The van der Waals surface area contributed by atoms with Crippen LogP contribution in [0.15, 0.2) is 78.1 Å². The molecule has 142 valence electrons. The van der Waals surface area contributed by atoms with Crippen LogP contribution in [0.25, 0.3) is 0 Å². The maximum absolute atomic E-state index is 13.6. The van der Waals surface area contributed by atoms with Gasteiger partial charge in [0.1, 0.15) is 11.4 Å². The number of nitrogens with zero attached hydrogens (tertiary/aromatic N) is 1. The fourth-order valence-corrected chi connectivity index (χ4v) is 4.22. The molecule has 1 aliphatic heterocycles. The van der Waals surface area contributed by atoms with Crippen LogP contribution in [0.2, 0.25) is 0 Å². The number of aryl methyl sites for hydroxylation is 2. The van der Waals surface area contributed by atoms with E-state index >= 15 is 0 Å². The molecule has 0 amide bonds. The Morgan fingerprint density at radius 3 is 2.17 bits per heavy atom. The monoisotopic (exact) mass is 380 g/mol. The average molecular weight is 380 g/mol. The Labute approximate surface area is 169 Å². The number of para-hydroxylation sites is 2. The van der Waals surface area contributed by atoms with Gasteiger partial charge in [-0.2, -0.15) is 0 Å². The van der Waals surface area contributed by atoms with Crippen molar-refractivity contribution in [3.05, 3.63) is 106 Å². The van der Waals surface area contributed by atoms with Crippen LogP contribution in [-0.4, -0.2) is 11.6 Å². The van der Waals surface area contributed by atoms with Crippen LogP contribution >= 0.6 is 0 Å². The summed E-state index contributed by atoms with van der Waals surface area (Å²) in [5, 5.41) is 3.34. The molecule has 1 heterocycles. The summed E-state index contributed by atoms with van der Waals surface area (Å²) in [6, 6.07) is 21.1. The second-order valence-electron chi connectivity index (χ2n) is 7.53. The molecule has 2 aliphatic rings. The van der Waals surface area contributed by atoms with Gasteiger partial charge >= 0.3 is 0 Å². The number of allylic oxidation sites excluding steroid dienone is 2. The standard InChI is InChI=1S/C25H20N2O2/c1-15-8-3-6-13-20(15)27-14-17-10-7-9-16(2)21(17)26-22-23(27)25(29)19-12-5-4-11-18(19)24(22)28/h3-13,26H,14H2,1-2H3. The van der Waals surface area contributed by atoms with Crippen LogP contribution in [0.1, 0.15) is 37.4 Å². The van der Waals surface area contributed by atoms with Crippen LogP contribution in [0.5, 0.6) is 0 Å². The van der Waals surface area contributed by atoms with Gasteiger partial charge in [-0.3, -0.25) is 9.59 Å². The minimum absolute atomic E-state index is 0.128. The molecule has 1 aliphatic carbocycles. The highest BCUT2D eigenvalue weighted by Crippen LogP contribution is 2.38. The van der Waals surface area contributed by atoms with Crippen molar-refractivity contribution in [2.75, 3.05) is 10.2 Å². The predicted octanol–water partition coefficient (Wildman–Crippen LogP) is 5.03. The van der Waals surface area contributed by atoms with E-state index in [4.69, 9.17) is 0 Å². The number of carbonyl (C=O) groups excluding carboxylic acids is 2. The summed E-state index contributed by atoms with van der Waals surface area (Å²) in [6.45, 7) is 4.54. The van der Waals surface area contributed by atoms with E-state index in [0.717, 1.165) is 28.1 Å². The van der Waals surface area contributed by atoms with Gasteiger partial charge in [0.2, 0.25) is 11.6 Å². The normalized spacial score (nSPS) is 15.3. The van der Waals surface area contributed by atoms with E-state index in [2.05, 4.69) is 5.32 Å². The number of fused-ring (bicyclic) bond motifs is 2. The molecular formula is C25H20N2O2. The molecule has 0 saturated carbocycles. The molecule has 0 aromatic heterocycles. The summed E-state index contributed by atoms with van der Waals surface area (Å²) in [7, 11) is 0. The Morgan fingerprint density at radius 1 is 0.759 bits per heavy atom. The van der Waals surface area contributed by atoms with Crippen LogP contribution in [0.3, 0.4) is 0 Å². The van der Waals surface area contributed by atoms with Gasteiger partial charge in [-0.15, -0.1) is 0 Å². The number of ketones is 2. The quantitative estimate of drug-likeness (QED) is 0.644. The van der Waals surface area contributed by atoms with E-state index < -0.39 is 0 Å². The first-order valence-corrected chi connectivity index (χ1v) is 9.67. The lowest BCUT2D eigenvalue weighted by molar-refractivity contribution is 0.0973. The number of anilines is 2. The van der Waals surface area contributed by atoms with Gasteiger partial charge in [0.25, 0.3) is 0 Å². The maximum Gasteiger partial charge on any atom is 0.212 e. The Balaban J connectivity index is 1.80. The highest BCUT2D eigenvalue weighted by molar-refractivity contribution is 6.29. The topological polar surface area (TPSA) is 49.4 Å². The number of hydrogen-bond acceptors (Lipinski definition) is 4. The molecule has 4 nitrogen and oxygen atoms in total. The first-order chi connectivity index (χ1) is 14.1. The predicted molar refractivity (Wildman–Crippen MR) is 114 cm³/mol. The van der Waals surface area contributed by atoms with E-state index in [0.29, 0.717) is 29.1 Å². The molecule has 0 bridgehead atoms. The Hall–Kier alpha value is -3.66. The molecule has 3 aromatic rings. The minimum Gasteiger partial charge on any atom is -0.350 e. The zero-order valence-corrected chi connectivity index (χ0v) is 16.3. The zero-order chi connectivity index (χ0) is 20.1. The van der Waals surface area contributed by atoms with Crippen molar-refractivity contribution in [1.29, 1.82) is 0 Å². The maximum atomic E-state index is 13.6. The summed E-state index contributed by atoms with van der Waals surface area (Å²) < 4.78 is 0. The van der Waals surface area contributed by atoms with Crippen molar-refractivity contribution in [3.8, 4) is 0 Å². The molecule has 4 heteroatoms. The molecule has 0 radical (unpaired) electrons. The fourth-order valence-electron chi connectivity index (χ4n) is 4.22. The average Bonchev–Trinajstić information content (AvgIpc) is 2.91. The smallest absolute Gasteiger partial charge is 0.212 e. The lowest BCUT2D eigenvalue weighted by Crippen LogP contribution is -2.34. The Morgan fingerprint density at radius 2 is 1.41 bits per heavy atom. The molecule has 0 unspecified atom stereocenters. The van der Waals surface area contributed by atoms with Gasteiger partial charge in [0.15, 0.2) is 0 Å². The Bertz CT molecular complexity index is 1220. The molecule has 1 N–H and O–H groups in total. The number of hydrogen-bond donors (Lipinski definition) is 1. The largest absolute Gasteiger partial charge is 0.350 e. The third-order valence-corrected chi connectivity index (χ3v) is 5.71. The number of nitrogens with one attached hydrogen (secondary N) is 1. The van der Waals surface area contributed by atoms with E-state index in [1.165, 1.54) is 0 Å². The lowest BCUT2D eigenvalue weighted by atomic mass is 9.89. The molecule has 0 atom stereocenters. The number of rotatable bonds is 1. The molecule has 0 spiro atoms. The highest BCUT2D eigenvalue weighted by Gasteiger charge is 2.38. The summed E-state index contributed by atoms with van der Waals surface area (Å²) in [5.74, 6) is -0.277. The summed E-state index contributed by atoms with van der Waals surface area (Å²) >= 11 is 0. The van der Waals surface area contributed by atoms with E-state index in [9.17, 15) is 9.59 Å². The van der Waals surface area contributed by atoms with Crippen LogP contribution in [0, 0.1) is 13.8 Å². The Kier molecular flexibility index (Phi) is 3.88. The van der Waals surface area contributed by atoms with Gasteiger partial charge in [-0.05, 0) is 36.6 Å². The van der Waals surface area contributed by atoms with Gasteiger partial charge in [-0.1, -0.05) is 60.7 Å². The van der Waals surface area contributed by atoms with Gasteiger partial charge in [-0.25, -0.2) is 0 Å².